The Labute approximate surface area is 160 Å². The van der Waals surface area contributed by atoms with Crippen LogP contribution in [0.2, 0.25) is 0 Å². The van der Waals surface area contributed by atoms with Gasteiger partial charge in [-0.25, -0.2) is 5.01 Å². The van der Waals surface area contributed by atoms with Crippen molar-refractivity contribution in [1.82, 2.24) is 20.6 Å². The molecule has 1 aliphatic rings. The number of piperazine rings is 1. The van der Waals surface area contributed by atoms with Crippen LogP contribution < -0.4 is 20.4 Å². The molecule has 10 heteroatoms. The fourth-order valence-electron chi connectivity index (χ4n) is 2.48. The molecule has 0 radical (unpaired) electrons. The van der Waals surface area contributed by atoms with Gasteiger partial charge < -0.3 is 15.0 Å². The monoisotopic (exact) mass is 395 g/mol. The summed E-state index contributed by atoms with van der Waals surface area (Å²) in [6.45, 7) is 3.86. The lowest BCUT2D eigenvalue weighted by Crippen LogP contribution is -3.12. The molecule has 3 N–H and O–H groups in total. The molecule has 1 aliphatic heterocycles. The predicted molar refractivity (Wildman–Crippen MR) is 103 cm³/mol. The van der Waals surface area contributed by atoms with Crippen molar-refractivity contribution in [3.63, 3.8) is 0 Å². The highest BCUT2D eigenvalue weighted by molar-refractivity contribution is 8.01. The van der Waals surface area contributed by atoms with Crippen molar-refractivity contribution in [2.45, 2.75) is 4.34 Å². The zero-order valence-corrected chi connectivity index (χ0v) is 16.5. The van der Waals surface area contributed by atoms with Gasteiger partial charge in [0.05, 0.1) is 46.1 Å². The first-order valence-corrected chi connectivity index (χ1v) is 10.2. The number of benzene rings is 1. The van der Waals surface area contributed by atoms with Crippen LogP contribution in [0, 0.1) is 0 Å². The lowest BCUT2D eigenvalue weighted by atomic mass is 10.3. The average molecular weight is 396 g/mol. The zero-order valence-electron chi connectivity index (χ0n) is 14.8. The van der Waals surface area contributed by atoms with Crippen LogP contribution in [0.3, 0.4) is 0 Å². The molecule has 0 atom stereocenters. The fourth-order valence-corrected chi connectivity index (χ4v) is 4.04. The topological polar surface area (TPSA) is 83.8 Å². The van der Waals surface area contributed by atoms with E-state index in [4.69, 9.17) is 4.74 Å². The Kier molecular flexibility index (Phi) is 6.67. The molecule has 0 aliphatic carbocycles. The molecule has 1 saturated heterocycles. The third-order valence-electron chi connectivity index (χ3n) is 3.95. The van der Waals surface area contributed by atoms with Gasteiger partial charge in [0.2, 0.25) is 11.0 Å². The smallest absolute Gasteiger partial charge is 0.244 e. The van der Waals surface area contributed by atoms with Crippen LogP contribution in [0.1, 0.15) is 0 Å². The van der Waals surface area contributed by atoms with Gasteiger partial charge >= 0.3 is 0 Å². The van der Waals surface area contributed by atoms with Crippen molar-refractivity contribution in [3.8, 4) is 5.75 Å². The van der Waals surface area contributed by atoms with Gasteiger partial charge in [-0.2, -0.15) is 0 Å². The van der Waals surface area contributed by atoms with Gasteiger partial charge in [0.25, 0.3) is 0 Å². The lowest BCUT2D eigenvalue weighted by molar-refractivity contribution is -0.884. The molecule has 140 valence electrons. The van der Waals surface area contributed by atoms with E-state index in [9.17, 15) is 4.79 Å². The van der Waals surface area contributed by atoms with E-state index in [2.05, 4.69) is 28.0 Å². The van der Waals surface area contributed by atoms with E-state index < -0.39 is 0 Å². The van der Waals surface area contributed by atoms with Gasteiger partial charge in [-0.3, -0.25) is 10.2 Å². The first kappa shape index (κ1) is 18.9. The van der Waals surface area contributed by atoms with Gasteiger partial charge in [0.1, 0.15) is 5.75 Å². The average Bonchev–Trinajstić information content (AvgIpc) is 3.09. The summed E-state index contributed by atoms with van der Waals surface area (Å²) in [7, 11) is 3.80. The van der Waals surface area contributed by atoms with Crippen LogP contribution >= 0.6 is 23.1 Å². The molecule has 1 aromatic heterocycles. The number of carbonyl (C=O) groups is 1. The number of ether oxygens (including phenoxy) is 1. The Morgan fingerprint density at radius 1 is 1.38 bits per heavy atom. The minimum Gasteiger partial charge on any atom is -0.497 e. The summed E-state index contributed by atoms with van der Waals surface area (Å²) < 4.78 is 5.96. The normalized spacial score (nSPS) is 15.6. The molecule has 0 bridgehead atoms. The number of likely N-dealkylation sites (N-methyl/N-ethyl adjacent to an activating group) is 1. The molecular formula is C16H23N6O2S2+. The van der Waals surface area contributed by atoms with Gasteiger partial charge in [0.15, 0.2) is 4.34 Å². The molecule has 0 spiro atoms. The Morgan fingerprint density at radius 3 is 2.96 bits per heavy atom. The highest BCUT2D eigenvalue weighted by Gasteiger charge is 2.18. The van der Waals surface area contributed by atoms with Crippen molar-refractivity contribution in [2.75, 3.05) is 51.4 Å². The Morgan fingerprint density at radius 2 is 2.19 bits per heavy atom. The molecular weight excluding hydrogens is 372 g/mol. The van der Waals surface area contributed by atoms with Crippen LogP contribution in [-0.2, 0) is 4.79 Å². The maximum absolute atomic E-state index is 12.1. The largest absolute Gasteiger partial charge is 0.497 e. The third-order valence-corrected chi connectivity index (χ3v) is 5.93. The van der Waals surface area contributed by atoms with Crippen molar-refractivity contribution in [1.29, 1.82) is 0 Å². The second-order valence-electron chi connectivity index (χ2n) is 6.00. The second-order valence-corrected chi connectivity index (χ2v) is 8.20. The van der Waals surface area contributed by atoms with Crippen LogP contribution in [0.4, 0.5) is 10.8 Å². The highest BCUT2D eigenvalue weighted by Crippen LogP contribution is 2.28. The standard InChI is InChI=1S/C16H22N6O2S2/c1-21-6-8-22(9-7-21)20-14(23)11-25-16-19-18-15(26-16)17-12-4-3-5-13(10-12)24-2/h3-5,10H,6-9,11H2,1-2H3,(H,17,18)(H,20,23)/p+1. The minimum atomic E-state index is -0.00735. The number of thioether (sulfide) groups is 1. The summed E-state index contributed by atoms with van der Waals surface area (Å²) in [5.74, 6) is 1.09. The van der Waals surface area contributed by atoms with E-state index in [1.807, 2.05) is 29.3 Å². The molecule has 8 nitrogen and oxygen atoms in total. The molecule has 2 heterocycles. The maximum Gasteiger partial charge on any atom is 0.244 e. The van der Waals surface area contributed by atoms with Gasteiger partial charge in [-0.05, 0) is 12.1 Å². The van der Waals surface area contributed by atoms with E-state index in [1.165, 1.54) is 28.0 Å². The number of nitrogens with one attached hydrogen (secondary N) is 3. The number of rotatable bonds is 7. The lowest BCUT2D eigenvalue weighted by Gasteiger charge is -2.29. The van der Waals surface area contributed by atoms with E-state index in [-0.39, 0.29) is 5.91 Å². The number of quaternary nitrogens is 1. The number of hydrogen-bond donors (Lipinski definition) is 3. The van der Waals surface area contributed by atoms with Crippen LogP contribution in [-0.4, -0.2) is 67.2 Å². The SMILES string of the molecule is COc1cccc(Nc2nnc(SCC(=O)NN3CC[NH+](C)CC3)s2)c1. The van der Waals surface area contributed by atoms with E-state index in [0.29, 0.717) is 10.9 Å². The van der Waals surface area contributed by atoms with Crippen molar-refractivity contribution in [3.05, 3.63) is 24.3 Å². The third kappa shape index (κ3) is 5.56. The first-order valence-electron chi connectivity index (χ1n) is 8.35. The van der Waals surface area contributed by atoms with Gasteiger partial charge in [-0.15, -0.1) is 10.2 Å². The van der Waals surface area contributed by atoms with E-state index >= 15 is 0 Å². The fraction of sp³-hybridized carbons (Fsp3) is 0.438. The predicted octanol–water partition coefficient (Wildman–Crippen LogP) is 0.244. The van der Waals surface area contributed by atoms with Crippen LogP contribution in [0.25, 0.3) is 0 Å². The Balaban J connectivity index is 1.45. The first-order chi connectivity index (χ1) is 12.6. The minimum absolute atomic E-state index is 0.00735. The van der Waals surface area contributed by atoms with Crippen LogP contribution in [0.5, 0.6) is 5.75 Å². The van der Waals surface area contributed by atoms with E-state index in [1.54, 1.807) is 7.11 Å². The number of amides is 1. The number of anilines is 2. The summed E-state index contributed by atoms with van der Waals surface area (Å²) >= 11 is 2.81. The molecule has 26 heavy (non-hydrogen) atoms. The number of carbonyl (C=O) groups excluding carboxylic acids is 1. The number of methoxy groups -OCH3 is 1. The Bertz CT molecular complexity index is 733. The van der Waals surface area contributed by atoms with Crippen molar-refractivity contribution >= 4 is 39.8 Å². The number of hydrogen-bond acceptors (Lipinski definition) is 8. The van der Waals surface area contributed by atoms with Crippen molar-refractivity contribution < 1.29 is 14.4 Å². The Hall–Kier alpha value is -1.88. The molecule has 0 unspecified atom stereocenters. The number of aromatic nitrogens is 2. The maximum atomic E-state index is 12.1. The molecule has 1 fully saturated rings. The molecule has 1 amide bonds. The summed E-state index contributed by atoms with van der Waals surface area (Å²) in [6, 6.07) is 7.61. The summed E-state index contributed by atoms with van der Waals surface area (Å²) in [5.41, 5.74) is 3.84. The molecule has 1 aromatic carbocycles. The summed E-state index contributed by atoms with van der Waals surface area (Å²) in [6.07, 6.45) is 0. The van der Waals surface area contributed by atoms with Gasteiger partial charge in [0, 0.05) is 11.8 Å². The highest BCUT2D eigenvalue weighted by atomic mass is 32.2. The van der Waals surface area contributed by atoms with Gasteiger partial charge in [-0.1, -0.05) is 29.2 Å². The summed E-state index contributed by atoms with van der Waals surface area (Å²) in [5, 5.41) is 14.1. The molecule has 0 saturated carbocycles. The zero-order chi connectivity index (χ0) is 18.4. The van der Waals surface area contributed by atoms with Crippen LogP contribution in [0.15, 0.2) is 28.6 Å². The number of hydrazine groups is 1. The van der Waals surface area contributed by atoms with Crippen molar-refractivity contribution in [2.24, 2.45) is 0 Å². The number of nitrogens with zero attached hydrogens (tertiary/aromatic N) is 3. The molecule has 2 aromatic rings. The summed E-state index contributed by atoms with van der Waals surface area (Å²) in [4.78, 5) is 13.6. The van der Waals surface area contributed by atoms with E-state index in [0.717, 1.165) is 42.0 Å². The second kappa shape index (κ2) is 9.17. The molecule has 3 rings (SSSR count). The quantitative estimate of drug-likeness (QED) is 0.580.